The molecule has 1 atom stereocenters. The third-order valence-corrected chi connectivity index (χ3v) is 3.72. The van der Waals surface area contributed by atoms with Crippen LogP contribution in [0, 0.1) is 0 Å². The maximum Gasteiger partial charge on any atom is 0.243 e. The fourth-order valence-corrected chi connectivity index (χ4v) is 2.33. The summed E-state index contributed by atoms with van der Waals surface area (Å²) in [7, 11) is 0. The van der Waals surface area contributed by atoms with E-state index in [2.05, 4.69) is 26.2 Å². The molecule has 1 heterocycles. The number of anilines is 1. The van der Waals surface area contributed by atoms with E-state index in [1.54, 1.807) is 6.92 Å². The van der Waals surface area contributed by atoms with E-state index in [1.165, 1.54) is 11.3 Å². The molecule has 0 saturated heterocycles. The number of hydrogen-bond donors (Lipinski definition) is 1. The third kappa shape index (κ3) is 3.31. The van der Waals surface area contributed by atoms with Gasteiger partial charge in [0, 0.05) is 15.4 Å². The SMILES string of the molecule is C[C@@H](Cl)C(=O)Nc1nc(-c2ccc(Br)cc2)cs1. The van der Waals surface area contributed by atoms with Gasteiger partial charge in [-0.25, -0.2) is 4.98 Å². The number of benzene rings is 1. The summed E-state index contributed by atoms with van der Waals surface area (Å²) in [6, 6.07) is 7.84. The van der Waals surface area contributed by atoms with Gasteiger partial charge in [0.05, 0.1) is 5.69 Å². The Balaban J connectivity index is 2.15. The maximum atomic E-state index is 11.4. The molecule has 2 rings (SSSR count). The molecule has 0 radical (unpaired) electrons. The van der Waals surface area contributed by atoms with Crippen LogP contribution in [0.5, 0.6) is 0 Å². The highest BCUT2D eigenvalue weighted by atomic mass is 79.9. The molecule has 0 bridgehead atoms. The predicted octanol–water partition coefficient (Wildman–Crippen LogP) is 4.14. The number of nitrogens with zero attached hydrogens (tertiary/aromatic N) is 1. The average molecular weight is 346 g/mol. The van der Waals surface area contributed by atoms with E-state index in [4.69, 9.17) is 11.6 Å². The van der Waals surface area contributed by atoms with Crippen LogP contribution in [0.25, 0.3) is 11.3 Å². The molecule has 0 aliphatic carbocycles. The zero-order valence-electron chi connectivity index (χ0n) is 9.48. The molecule has 0 spiro atoms. The van der Waals surface area contributed by atoms with E-state index in [0.717, 1.165) is 15.7 Å². The molecule has 94 valence electrons. The summed E-state index contributed by atoms with van der Waals surface area (Å²) in [6.07, 6.45) is 0. The van der Waals surface area contributed by atoms with Gasteiger partial charge in [-0.3, -0.25) is 4.79 Å². The number of alkyl halides is 1. The predicted molar refractivity (Wildman–Crippen MR) is 79.2 cm³/mol. The van der Waals surface area contributed by atoms with Gasteiger partial charge < -0.3 is 5.32 Å². The first kappa shape index (κ1) is 13.5. The number of nitrogens with one attached hydrogen (secondary N) is 1. The number of rotatable bonds is 3. The standard InChI is InChI=1S/C12H10BrClN2OS/c1-7(14)11(17)16-12-15-10(6-18-12)8-2-4-9(13)5-3-8/h2-7H,1H3,(H,15,16,17)/t7-/m1/s1. The fraction of sp³-hybridized carbons (Fsp3) is 0.167. The molecule has 0 aliphatic heterocycles. The average Bonchev–Trinajstić information content (AvgIpc) is 2.78. The molecule has 2 aromatic rings. The quantitative estimate of drug-likeness (QED) is 0.850. The summed E-state index contributed by atoms with van der Waals surface area (Å²) in [5, 5.41) is 4.57. The van der Waals surface area contributed by atoms with Crippen molar-refractivity contribution in [3.8, 4) is 11.3 Å². The second kappa shape index (κ2) is 5.82. The van der Waals surface area contributed by atoms with Gasteiger partial charge in [-0.2, -0.15) is 0 Å². The molecule has 0 fully saturated rings. The molecule has 18 heavy (non-hydrogen) atoms. The molecule has 0 aliphatic rings. The van der Waals surface area contributed by atoms with Crippen molar-refractivity contribution in [1.29, 1.82) is 0 Å². The lowest BCUT2D eigenvalue weighted by Gasteiger charge is -2.01. The number of thiazole rings is 1. The van der Waals surface area contributed by atoms with E-state index >= 15 is 0 Å². The third-order valence-electron chi connectivity index (χ3n) is 2.24. The highest BCUT2D eigenvalue weighted by Gasteiger charge is 2.12. The molecule has 0 unspecified atom stereocenters. The van der Waals surface area contributed by atoms with Gasteiger partial charge in [0.25, 0.3) is 0 Å². The number of hydrogen-bond acceptors (Lipinski definition) is 3. The second-order valence-electron chi connectivity index (χ2n) is 3.65. The summed E-state index contributed by atoms with van der Waals surface area (Å²) in [4.78, 5) is 15.8. The topological polar surface area (TPSA) is 42.0 Å². The lowest BCUT2D eigenvalue weighted by Crippen LogP contribution is -2.20. The largest absolute Gasteiger partial charge is 0.301 e. The van der Waals surface area contributed by atoms with Gasteiger partial charge in [-0.05, 0) is 19.1 Å². The molecule has 6 heteroatoms. The van der Waals surface area contributed by atoms with Crippen LogP contribution < -0.4 is 5.32 Å². The lowest BCUT2D eigenvalue weighted by atomic mass is 10.2. The van der Waals surface area contributed by atoms with Crippen molar-refractivity contribution in [2.45, 2.75) is 12.3 Å². The first-order valence-electron chi connectivity index (χ1n) is 5.22. The number of carbonyl (C=O) groups is 1. The summed E-state index contributed by atoms with van der Waals surface area (Å²) in [6.45, 7) is 1.63. The smallest absolute Gasteiger partial charge is 0.243 e. The summed E-state index contributed by atoms with van der Waals surface area (Å²) < 4.78 is 1.02. The molecule has 1 aromatic carbocycles. The maximum absolute atomic E-state index is 11.4. The van der Waals surface area contributed by atoms with Crippen LogP contribution in [0.3, 0.4) is 0 Å². The van der Waals surface area contributed by atoms with Crippen molar-refractivity contribution >= 4 is 49.9 Å². The Morgan fingerprint density at radius 2 is 2.11 bits per heavy atom. The Morgan fingerprint density at radius 1 is 1.44 bits per heavy atom. The monoisotopic (exact) mass is 344 g/mol. The van der Waals surface area contributed by atoms with E-state index < -0.39 is 5.38 Å². The second-order valence-corrected chi connectivity index (χ2v) is 6.08. The molecule has 1 N–H and O–H groups in total. The Kier molecular flexibility index (Phi) is 4.37. The van der Waals surface area contributed by atoms with Crippen LogP contribution in [-0.2, 0) is 4.79 Å². The summed E-state index contributed by atoms with van der Waals surface area (Å²) in [5.74, 6) is -0.242. The van der Waals surface area contributed by atoms with Gasteiger partial charge in [0.2, 0.25) is 5.91 Å². The number of aromatic nitrogens is 1. The molecule has 3 nitrogen and oxygen atoms in total. The minimum absolute atomic E-state index is 0.242. The van der Waals surface area contributed by atoms with Crippen LogP contribution in [-0.4, -0.2) is 16.3 Å². The van der Waals surface area contributed by atoms with Crippen molar-refractivity contribution in [3.63, 3.8) is 0 Å². The minimum Gasteiger partial charge on any atom is -0.301 e. The number of amides is 1. The molecule has 1 aromatic heterocycles. The summed E-state index contributed by atoms with van der Waals surface area (Å²) >= 11 is 10.4. The number of carbonyl (C=O) groups excluding carboxylic acids is 1. The minimum atomic E-state index is -0.565. The van der Waals surface area contributed by atoms with Crippen LogP contribution in [0.15, 0.2) is 34.1 Å². The number of halogens is 2. The van der Waals surface area contributed by atoms with Crippen LogP contribution in [0.1, 0.15) is 6.92 Å². The first-order chi connectivity index (χ1) is 8.56. The molecule has 0 saturated carbocycles. The van der Waals surface area contributed by atoms with Crippen molar-refractivity contribution in [1.82, 2.24) is 4.98 Å². The fourth-order valence-electron chi connectivity index (χ4n) is 1.29. The van der Waals surface area contributed by atoms with Crippen LogP contribution in [0.2, 0.25) is 0 Å². The normalized spacial score (nSPS) is 12.2. The Hall–Kier alpha value is -0.910. The van der Waals surface area contributed by atoms with E-state index in [1.807, 2.05) is 29.6 Å². The van der Waals surface area contributed by atoms with Crippen molar-refractivity contribution in [2.24, 2.45) is 0 Å². The zero-order chi connectivity index (χ0) is 13.1. The van der Waals surface area contributed by atoms with Gasteiger partial charge in [0.15, 0.2) is 5.13 Å². The van der Waals surface area contributed by atoms with Crippen molar-refractivity contribution < 1.29 is 4.79 Å². The lowest BCUT2D eigenvalue weighted by molar-refractivity contribution is -0.115. The van der Waals surface area contributed by atoms with Crippen molar-refractivity contribution in [3.05, 3.63) is 34.1 Å². The Morgan fingerprint density at radius 3 is 2.72 bits per heavy atom. The van der Waals surface area contributed by atoms with Gasteiger partial charge in [0.1, 0.15) is 5.38 Å². The zero-order valence-corrected chi connectivity index (χ0v) is 12.6. The van der Waals surface area contributed by atoms with Gasteiger partial charge in [-0.15, -0.1) is 22.9 Å². The van der Waals surface area contributed by atoms with Crippen LogP contribution in [0.4, 0.5) is 5.13 Å². The Bertz CT molecular complexity index is 553. The van der Waals surface area contributed by atoms with Gasteiger partial charge >= 0.3 is 0 Å². The van der Waals surface area contributed by atoms with Crippen molar-refractivity contribution in [2.75, 3.05) is 5.32 Å². The van der Waals surface area contributed by atoms with E-state index in [-0.39, 0.29) is 5.91 Å². The molecular weight excluding hydrogens is 336 g/mol. The highest BCUT2D eigenvalue weighted by Crippen LogP contribution is 2.26. The highest BCUT2D eigenvalue weighted by molar-refractivity contribution is 9.10. The van der Waals surface area contributed by atoms with Crippen LogP contribution >= 0.6 is 38.9 Å². The Labute approximate surface area is 122 Å². The van der Waals surface area contributed by atoms with E-state index in [9.17, 15) is 4.79 Å². The molecule has 1 amide bonds. The summed E-state index contributed by atoms with van der Waals surface area (Å²) in [5.41, 5.74) is 1.85. The van der Waals surface area contributed by atoms with E-state index in [0.29, 0.717) is 5.13 Å². The first-order valence-corrected chi connectivity index (χ1v) is 7.33. The van der Waals surface area contributed by atoms with Gasteiger partial charge in [-0.1, -0.05) is 28.1 Å². The molecular formula is C12H10BrClN2OS.